The normalized spacial score (nSPS) is 16.1. The topological polar surface area (TPSA) is 38.3 Å². The smallest absolute Gasteiger partial charge is 0.251 e. The molecule has 0 aromatic heterocycles. The fraction of sp³-hybridized carbons (Fsp3) is 0.300. The summed E-state index contributed by atoms with van der Waals surface area (Å²) in [5.74, 6) is -0.0363. The van der Waals surface area contributed by atoms with E-state index < -0.39 is 0 Å². The predicted octanol–water partition coefficient (Wildman–Crippen LogP) is 1.58. The van der Waals surface area contributed by atoms with Crippen LogP contribution in [0.1, 0.15) is 10.4 Å². The molecule has 14 heavy (non-hydrogen) atoms. The molecule has 0 spiro atoms. The molecule has 1 aliphatic heterocycles. The highest BCUT2D eigenvalue weighted by molar-refractivity contribution is 9.10. The standard InChI is InChI=1S/C10H10BrNO2/c11-8-3-1-7(2-4-8)10(13)12-9-5-14-6-9/h1-4,9H,5-6H2,(H,12,13). The van der Waals surface area contributed by atoms with E-state index in [4.69, 9.17) is 4.74 Å². The lowest BCUT2D eigenvalue weighted by molar-refractivity contribution is -0.00346. The molecule has 4 heteroatoms. The Hall–Kier alpha value is -0.870. The summed E-state index contributed by atoms with van der Waals surface area (Å²) in [6.45, 7) is 1.25. The van der Waals surface area contributed by atoms with Crippen molar-refractivity contribution in [3.05, 3.63) is 34.3 Å². The van der Waals surface area contributed by atoms with Gasteiger partial charge in [-0.15, -0.1) is 0 Å². The van der Waals surface area contributed by atoms with Gasteiger partial charge in [0, 0.05) is 10.0 Å². The first-order valence-corrected chi connectivity index (χ1v) is 5.19. The molecule has 74 valence electrons. The molecule has 0 saturated carbocycles. The first-order valence-electron chi connectivity index (χ1n) is 4.40. The first-order chi connectivity index (χ1) is 6.75. The maximum atomic E-state index is 11.6. The van der Waals surface area contributed by atoms with Gasteiger partial charge in [-0.2, -0.15) is 0 Å². The highest BCUT2D eigenvalue weighted by Gasteiger charge is 2.20. The van der Waals surface area contributed by atoms with Gasteiger partial charge in [0.1, 0.15) is 0 Å². The summed E-state index contributed by atoms with van der Waals surface area (Å²) in [6, 6.07) is 7.47. The van der Waals surface area contributed by atoms with Crippen molar-refractivity contribution in [2.24, 2.45) is 0 Å². The van der Waals surface area contributed by atoms with E-state index >= 15 is 0 Å². The third-order valence-electron chi connectivity index (χ3n) is 2.08. The lowest BCUT2D eigenvalue weighted by atomic mass is 10.2. The van der Waals surface area contributed by atoms with Crippen molar-refractivity contribution < 1.29 is 9.53 Å². The number of carbonyl (C=O) groups is 1. The molecule has 1 N–H and O–H groups in total. The van der Waals surface area contributed by atoms with Crippen molar-refractivity contribution in [2.45, 2.75) is 6.04 Å². The fourth-order valence-corrected chi connectivity index (χ4v) is 1.45. The summed E-state index contributed by atoms with van der Waals surface area (Å²) in [7, 11) is 0. The molecule has 1 fully saturated rings. The van der Waals surface area contributed by atoms with Crippen molar-refractivity contribution in [1.82, 2.24) is 5.32 Å². The summed E-state index contributed by atoms with van der Waals surface area (Å²) in [4.78, 5) is 11.6. The number of halogens is 1. The van der Waals surface area contributed by atoms with Crippen LogP contribution in [0.25, 0.3) is 0 Å². The summed E-state index contributed by atoms with van der Waals surface area (Å²) < 4.78 is 5.94. The highest BCUT2D eigenvalue weighted by atomic mass is 79.9. The van der Waals surface area contributed by atoms with Crippen LogP contribution in [-0.4, -0.2) is 25.2 Å². The molecule has 0 aliphatic carbocycles. The van der Waals surface area contributed by atoms with E-state index in [-0.39, 0.29) is 11.9 Å². The van der Waals surface area contributed by atoms with E-state index in [0.717, 1.165) is 4.47 Å². The lowest BCUT2D eigenvalue weighted by Gasteiger charge is -2.26. The molecule has 1 amide bonds. The molecule has 2 rings (SSSR count). The van der Waals surface area contributed by atoms with Crippen molar-refractivity contribution in [1.29, 1.82) is 0 Å². The number of hydrogen-bond donors (Lipinski definition) is 1. The number of ether oxygens (including phenoxy) is 1. The molecule has 1 saturated heterocycles. The second-order valence-electron chi connectivity index (χ2n) is 3.21. The summed E-state index contributed by atoms with van der Waals surface area (Å²) >= 11 is 3.32. The van der Waals surface area contributed by atoms with E-state index in [2.05, 4.69) is 21.2 Å². The van der Waals surface area contributed by atoms with Crippen LogP contribution in [0.15, 0.2) is 28.7 Å². The van der Waals surface area contributed by atoms with Gasteiger partial charge >= 0.3 is 0 Å². The fourth-order valence-electron chi connectivity index (χ4n) is 1.19. The maximum absolute atomic E-state index is 11.6. The van der Waals surface area contributed by atoms with Crippen LogP contribution >= 0.6 is 15.9 Å². The van der Waals surface area contributed by atoms with Gasteiger partial charge in [0.05, 0.1) is 19.3 Å². The predicted molar refractivity (Wildman–Crippen MR) is 56.2 cm³/mol. The third-order valence-corrected chi connectivity index (χ3v) is 2.61. The largest absolute Gasteiger partial charge is 0.377 e. The Morgan fingerprint density at radius 1 is 1.36 bits per heavy atom. The molecular formula is C10H10BrNO2. The van der Waals surface area contributed by atoms with Crippen LogP contribution in [0.2, 0.25) is 0 Å². The second-order valence-corrected chi connectivity index (χ2v) is 4.13. The number of nitrogens with one attached hydrogen (secondary N) is 1. The van der Waals surface area contributed by atoms with E-state index in [0.29, 0.717) is 18.8 Å². The second kappa shape index (κ2) is 4.11. The van der Waals surface area contributed by atoms with E-state index in [1.54, 1.807) is 12.1 Å². The maximum Gasteiger partial charge on any atom is 0.251 e. The average molecular weight is 256 g/mol. The van der Waals surface area contributed by atoms with Crippen molar-refractivity contribution >= 4 is 21.8 Å². The van der Waals surface area contributed by atoms with E-state index in [1.165, 1.54) is 0 Å². The Morgan fingerprint density at radius 2 is 2.00 bits per heavy atom. The highest BCUT2D eigenvalue weighted by Crippen LogP contribution is 2.11. The summed E-state index contributed by atoms with van der Waals surface area (Å²) in [5, 5.41) is 2.87. The van der Waals surface area contributed by atoms with Gasteiger partial charge in [-0.25, -0.2) is 0 Å². The van der Waals surface area contributed by atoms with Gasteiger partial charge < -0.3 is 10.1 Å². The minimum absolute atomic E-state index is 0.0363. The zero-order chi connectivity index (χ0) is 9.97. The Balaban J connectivity index is 1.99. The van der Waals surface area contributed by atoms with Gasteiger partial charge in [0.25, 0.3) is 5.91 Å². The Bertz CT molecular complexity index is 332. The zero-order valence-electron chi connectivity index (χ0n) is 7.50. The molecular weight excluding hydrogens is 246 g/mol. The number of hydrogen-bond acceptors (Lipinski definition) is 2. The number of carbonyl (C=O) groups excluding carboxylic acids is 1. The van der Waals surface area contributed by atoms with Gasteiger partial charge in [-0.05, 0) is 24.3 Å². The monoisotopic (exact) mass is 255 g/mol. The number of rotatable bonds is 2. The quantitative estimate of drug-likeness (QED) is 0.872. The van der Waals surface area contributed by atoms with Crippen LogP contribution in [0.4, 0.5) is 0 Å². The number of benzene rings is 1. The zero-order valence-corrected chi connectivity index (χ0v) is 9.08. The first kappa shape index (κ1) is 9.68. The Labute approximate surface area is 90.6 Å². The molecule has 3 nitrogen and oxygen atoms in total. The van der Waals surface area contributed by atoms with Crippen LogP contribution in [0.3, 0.4) is 0 Å². The van der Waals surface area contributed by atoms with Crippen LogP contribution in [-0.2, 0) is 4.74 Å². The molecule has 0 radical (unpaired) electrons. The minimum atomic E-state index is -0.0363. The molecule has 1 aromatic carbocycles. The van der Waals surface area contributed by atoms with Crippen LogP contribution < -0.4 is 5.32 Å². The molecule has 0 atom stereocenters. The summed E-state index contributed by atoms with van der Waals surface area (Å²) in [6.07, 6.45) is 0. The van der Waals surface area contributed by atoms with Crippen molar-refractivity contribution in [3.8, 4) is 0 Å². The van der Waals surface area contributed by atoms with Gasteiger partial charge in [0.2, 0.25) is 0 Å². The van der Waals surface area contributed by atoms with Crippen LogP contribution in [0.5, 0.6) is 0 Å². The minimum Gasteiger partial charge on any atom is -0.377 e. The lowest BCUT2D eigenvalue weighted by Crippen LogP contribution is -2.48. The van der Waals surface area contributed by atoms with Gasteiger partial charge in [-0.3, -0.25) is 4.79 Å². The molecule has 1 heterocycles. The molecule has 0 bridgehead atoms. The molecule has 1 aliphatic rings. The summed E-state index contributed by atoms with van der Waals surface area (Å²) in [5.41, 5.74) is 0.681. The molecule has 1 aromatic rings. The molecule has 0 unspecified atom stereocenters. The van der Waals surface area contributed by atoms with Gasteiger partial charge in [0.15, 0.2) is 0 Å². The van der Waals surface area contributed by atoms with E-state index in [9.17, 15) is 4.79 Å². The van der Waals surface area contributed by atoms with Crippen LogP contribution in [0, 0.1) is 0 Å². The number of amides is 1. The Kier molecular flexibility index (Phi) is 2.84. The third kappa shape index (κ3) is 2.13. The Morgan fingerprint density at radius 3 is 2.50 bits per heavy atom. The SMILES string of the molecule is O=C(NC1COC1)c1ccc(Br)cc1. The average Bonchev–Trinajstić information content (AvgIpc) is 2.12. The van der Waals surface area contributed by atoms with E-state index in [1.807, 2.05) is 12.1 Å². The van der Waals surface area contributed by atoms with Gasteiger partial charge in [-0.1, -0.05) is 15.9 Å². The van der Waals surface area contributed by atoms with Crippen molar-refractivity contribution in [2.75, 3.05) is 13.2 Å². The van der Waals surface area contributed by atoms with Crippen molar-refractivity contribution in [3.63, 3.8) is 0 Å².